The molecule has 0 heterocycles. The van der Waals surface area contributed by atoms with Gasteiger partial charge in [-0.15, -0.1) is 0 Å². The molecule has 0 saturated carbocycles. The van der Waals surface area contributed by atoms with E-state index in [2.05, 4.69) is 6.07 Å². The van der Waals surface area contributed by atoms with Gasteiger partial charge in [-0.1, -0.05) is 40.9 Å². The number of nitrogens with two attached hydrogens (primary N) is 1. The van der Waals surface area contributed by atoms with Crippen molar-refractivity contribution < 1.29 is 8.78 Å². The molecule has 2 N–H and O–H groups in total. The van der Waals surface area contributed by atoms with Crippen molar-refractivity contribution in [2.24, 2.45) is 5.73 Å². The SMILES string of the molecule is Cc1cc(C)cc(CC(N)c2cc(F)c(Cl)cc2F)c1. The molecule has 0 aliphatic rings. The number of aryl methyl sites for hydroxylation is 2. The highest BCUT2D eigenvalue weighted by Crippen LogP contribution is 2.25. The topological polar surface area (TPSA) is 26.0 Å². The first-order valence-corrected chi connectivity index (χ1v) is 6.72. The van der Waals surface area contributed by atoms with Gasteiger partial charge in [0.05, 0.1) is 5.02 Å². The van der Waals surface area contributed by atoms with Gasteiger partial charge < -0.3 is 5.73 Å². The van der Waals surface area contributed by atoms with Crippen LogP contribution in [-0.4, -0.2) is 0 Å². The second kappa shape index (κ2) is 5.90. The Balaban J connectivity index is 2.28. The Morgan fingerprint density at radius 2 is 1.60 bits per heavy atom. The summed E-state index contributed by atoms with van der Waals surface area (Å²) in [5.74, 6) is -1.23. The summed E-state index contributed by atoms with van der Waals surface area (Å²) in [4.78, 5) is 0. The molecule has 0 bridgehead atoms. The molecule has 106 valence electrons. The van der Waals surface area contributed by atoms with Gasteiger partial charge in [0.1, 0.15) is 11.6 Å². The summed E-state index contributed by atoms with van der Waals surface area (Å²) in [5.41, 5.74) is 9.39. The van der Waals surface area contributed by atoms with Gasteiger partial charge >= 0.3 is 0 Å². The lowest BCUT2D eigenvalue weighted by atomic mass is 9.97. The number of hydrogen-bond acceptors (Lipinski definition) is 1. The molecule has 0 aliphatic heterocycles. The number of benzene rings is 2. The van der Waals surface area contributed by atoms with Crippen LogP contribution in [0.4, 0.5) is 8.78 Å². The number of hydrogen-bond donors (Lipinski definition) is 1. The number of halogens is 3. The van der Waals surface area contributed by atoms with Crippen LogP contribution in [0.3, 0.4) is 0 Å². The summed E-state index contributed by atoms with van der Waals surface area (Å²) in [7, 11) is 0. The maximum absolute atomic E-state index is 13.8. The number of rotatable bonds is 3. The van der Waals surface area contributed by atoms with E-state index in [4.69, 9.17) is 17.3 Å². The molecule has 0 fully saturated rings. The van der Waals surface area contributed by atoms with E-state index in [1.54, 1.807) is 0 Å². The first-order chi connectivity index (χ1) is 9.36. The quantitative estimate of drug-likeness (QED) is 0.830. The van der Waals surface area contributed by atoms with Crippen LogP contribution in [0.25, 0.3) is 0 Å². The molecular formula is C16H16ClF2N. The standard InChI is InChI=1S/C16H16ClF2N/c1-9-3-10(2)5-11(4-9)6-16(20)12-7-15(19)13(17)8-14(12)18/h3-5,7-8,16H,6,20H2,1-2H3. The Bertz CT molecular complexity index is 620. The molecule has 0 aromatic heterocycles. The molecule has 20 heavy (non-hydrogen) atoms. The fraction of sp³-hybridized carbons (Fsp3) is 0.250. The molecular weight excluding hydrogens is 280 g/mol. The summed E-state index contributed by atoms with van der Waals surface area (Å²) in [5, 5.41) is -0.232. The second-order valence-corrected chi connectivity index (χ2v) is 5.50. The molecule has 0 aliphatic carbocycles. The van der Waals surface area contributed by atoms with E-state index in [1.165, 1.54) is 0 Å². The zero-order chi connectivity index (χ0) is 14.9. The first-order valence-electron chi connectivity index (χ1n) is 6.34. The van der Waals surface area contributed by atoms with Crippen molar-refractivity contribution in [3.8, 4) is 0 Å². The summed E-state index contributed by atoms with van der Waals surface area (Å²) in [6, 6.07) is 7.48. The van der Waals surface area contributed by atoms with Gasteiger partial charge in [-0.25, -0.2) is 8.78 Å². The molecule has 0 amide bonds. The minimum Gasteiger partial charge on any atom is -0.324 e. The maximum Gasteiger partial charge on any atom is 0.142 e. The minimum atomic E-state index is -0.654. The molecule has 2 aromatic carbocycles. The average Bonchev–Trinajstić information content (AvgIpc) is 2.32. The van der Waals surface area contributed by atoms with E-state index >= 15 is 0 Å². The van der Waals surface area contributed by atoms with E-state index in [1.807, 2.05) is 26.0 Å². The average molecular weight is 296 g/mol. The smallest absolute Gasteiger partial charge is 0.142 e. The molecule has 0 radical (unpaired) electrons. The third-order valence-corrected chi connectivity index (χ3v) is 3.47. The Kier molecular flexibility index (Phi) is 4.41. The Labute approximate surface area is 122 Å². The first kappa shape index (κ1) is 14.9. The zero-order valence-corrected chi connectivity index (χ0v) is 12.1. The normalized spacial score (nSPS) is 12.5. The van der Waals surface area contributed by atoms with Crippen molar-refractivity contribution in [1.82, 2.24) is 0 Å². The zero-order valence-electron chi connectivity index (χ0n) is 11.4. The van der Waals surface area contributed by atoms with Crippen LogP contribution in [0.2, 0.25) is 5.02 Å². The lowest BCUT2D eigenvalue weighted by Crippen LogP contribution is -2.15. The predicted molar refractivity (Wildman–Crippen MR) is 77.9 cm³/mol. The van der Waals surface area contributed by atoms with Crippen LogP contribution in [0.1, 0.15) is 28.3 Å². The van der Waals surface area contributed by atoms with E-state index in [0.717, 1.165) is 28.8 Å². The summed E-state index contributed by atoms with van der Waals surface area (Å²) in [6.45, 7) is 3.98. The van der Waals surface area contributed by atoms with Crippen LogP contribution < -0.4 is 5.73 Å². The van der Waals surface area contributed by atoms with Gasteiger partial charge in [0.2, 0.25) is 0 Å². The summed E-state index contributed by atoms with van der Waals surface area (Å²) >= 11 is 5.54. The van der Waals surface area contributed by atoms with Crippen LogP contribution in [-0.2, 0) is 6.42 Å². The molecule has 2 aromatic rings. The van der Waals surface area contributed by atoms with Crippen molar-refractivity contribution >= 4 is 11.6 Å². The van der Waals surface area contributed by atoms with E-state index in [9.17, 15) is 8.78 Å². The second-order valence-electron chi connectivity index (χ2n) is 5.09. The highest BCUT2D eigenvalue weighted by molar-refractivity contribution is 6.30. The van der Waals surface area contributed by atoms with Crippen LogP contribution in [0, 0.1) is 25.5 Å². The summed E-state index contributed by atoms with van der Waals surface area (Å²) in [6.07, 6.45) is 0.445. The van der Waals surface area contributed by atoms with Crippen molar-refractivity contribution in [2.75, 3.05) is 0 Å². The largest absolute Gasteiger partial charge is 0.324 e. The Morgan fingerprint density at radius 1 is 1.00 bits per heavy atom. The fourth-order valence-electron chi connectivity index (χ4n) is 2.37. The van der Waals surface area contributed by atoms with E-state index in [0.29, 0.717) is 6.42 Å². The highest BCUT2D eigenvalue weighted by atomic mass is 35.5. The summed E-state index contributed by atoms with van der Waals surface area (Å²) < 4.78 is 27.2. The Morgan fingerprint density at radius 3 is 2.20 bits per heavy atom. The van der Waals surface area contributed by atoms with Gasteiger partial charge in [0.15, 0.2) is 0 Å². The highest BCUT2D eigenvalue weighted by Gasteiger charge is 2.15. The molecule has 1 atom stereocenters. The monoisotopic (exact) mass is 295 g/mol. The molecule has 0 saturated heterocycles. The molecule has 2 rings (SSSR count). The Hall–Kier alpha value is -1.45. The van der Waals surface area contributed by atoms with Crippen LogP contribution in [0.15, 0.2) is 30.3 Å². The lowest BCUT2D eigenvalue weighted by molar-refractivity contribution is 0.561. The van der Waals surface area contributed by atoms with Crippen molar-refractivity contribution in [3.05, 3.63) is 69.2 Å². The van der Waals surface area contributed by atoms with Gasteiger partial charge in [-0.05, 0) is 38.0 Å². The third kappa shape index (κ3) is 3.35. The molecule has 4 heteroatoms. The predicted octanol–water partition coefficient (Wildman–Crippen LogP) is 4.48. The van der Waals surface area contributed by atoms with Crippen molar-refractivity contribution in [3.63, 3.8) is 0 Å². The molecule has 1 unspecified atom stereocenters. The van der Waals surface area contributed by atoms with Crippen molar-refractivity contribution in [1.29, 1.82) is 0 Å². The molecule has 1 nitrogen and oxygen atoms in total. The maximum atomic E-state index is 13.8. The van der Waals surface area contributed by atoms with Crippen LogP contribution >= 0.6 is 11.6 Å². The minimum absolute atomic E-state index is 0.144. The van der Waals surface area contributed by atoms with Gasteiger partial charge in [0.25, 0.3) is 0 Å². The van der Waals surface area contributed by atoms with E-state index in [-0.39, 0.29) is 10.6 Å². The molecule has 0 spiro atoms. The van der Waals surface area contributed by atoms with Crippen LogP contribution in [0.5, 0.6) is 0 Å². The van der Waals surface area contributed by atoms with Gasteiger partial charge in [-0.2, -0.15) is 0 Å². The van der Waals surface area contributed by atoms with E-state index < -0.39 is 17.7 Å². The van der Waals surface area contributed by atoms with Crippen molar-refractivity contribution in [2.45, 2.75) is 26.3 Å². The van der Waals surface area contributed by atoms with Gasteiger partial charge in [-0.3, -0.25) is 0 Å². The lowest BCUT2D eigenvalue weighted by Gasteiger charge is -2.14. The third-order valence-electron chi connectivity index (χ3n) is 3.18. The van der Waals surface area contributed by atoms with Gasteiger partial charge in [0, 0.05) is 11.6 Å². The fourth-order valence-corrected chi connectivity index (χ4v) is 2.52.